The number of rotatable bonds is 7. The molecule has 0 unspecified atom stereocenters. The molecule has 162 valence electrons. The fourth-order valence-electron chi connectivity index (χ4n) is 2.75. The van der Waals surface area contributed by atoms with Crippen molar-refractivity contribution in [1.29, 1.82) is 0 Å². The lowest BCUT2D eigenvalue weighted by Crippen LogP contribution is -2.39. The van der Waals surface area contributed by atoms with Gasteiger partial charge in [-0.1, -0.05) is 51.1 Å². The van der Waals surface area contributed by atoms with Gasteiger partial charge in [0.05, 0.1) is 24.8 Å². The van der Waals surface area contributed by atoms with E-state index < -0.39 is 22.5 Å². The van der Waals surface area contributed by atoms with Gasteiger partial charge in [-0.05, 0) is 35.6 Å². The molecule has 0 fully saturated rings. The SMILES string of the molecule is COc1cccc(N(CC(=O)N/N=C(/C)c2ccc(C(C)(C)C)cc2)S(C)(=O)=O)c1. The maximum absolute atomic E-state index is 12.4. The molecule has 0 heterocycles. The third kappa shape index (κ3) is 6.32. The molecule has 0 spiro atoms. The number of amides is 1. The second kappa shape index (κ2) is 9.30. The summed E-state index contributed by atoms with van der Waals surface area (Å²) < 4.78 is 30.6. The largest absolute Gasteiger partial charge is 0.497 e. The number of ether oxygens (including phenoxy) is 1. The van der Waals surface area contributed by atoms with Gasteiger partial charge >= 0.3 is 0 Å². The van der Waals surface area contributed by atoms with Crippen LogP contribution in [0.25, 0.3) is 0 Å². The van der Waals surface area contributed by atoms with Crippen molar-refractivity contribution < 1.29 is 17.9 Å². The molecule has 0 aliphatic rings. The highest BCUT2D eigenvalue weighted by atomic mass is 32.2. The minimum absolute atomic E-state index is 0.0486. The predicted octanol–water partition coefficient (Wildman–Crippen LogP) is 3.30. The van der Waals surface area contributed by atoms with Crippen molar-refractivity contribution in [3.8, 4) is 5.75 Å². The molecule has 0 saturated carbocycles. The van der Waals surface area contributed by atoms with Gasteiger partial charge in [0.2, 0.25) is 10.0 Å². The highest BCUT2D eigenvalue weighted by Gasteiger charge is 2.21. The molecule has 30 heavy (non-hydrogen) atoms. The Morgan fingerprint density at radius 2 is 1.77 bits per heavy atom. The first-order chi connectivity index (χ1) is 13.9. The standard InChI is InChI=1S/C22H29N3O4S/c1-16(17-10-12-18(13-11-17)22(2,3)4)23-24-21(26)15-25(30(6,27)28)19-8-7-9-20(14-19)29-5/h7-14H,15H2,1-6H3,(H,24,26)/b23-16-. The molecule has 0 bridgehead atoms. The van der Waals surface area contributed by atoms with Crippen molar-refractivity contribution in [2.45, 2.75) is 33.1 Å². The zero-order valence-electron chi connectivity index (χ0n) is 18.3. The predicted molar refractivity (Wildman–Crippen MR) is 121 cm³/mol. The summed E-state index contributed by atoms with van der Waals surface area (Å²) in [5.74, 6) is -0.0527. The van der Waals surface area contributed by atoms with Gasteiger partial charge in [-0.2, -0.15) is 5.10 Å². The molecule has 1 N–H and O–H groups in total. The highest BCUT2D eigenvalue weighted by Crippen LogP contribution is 2.23. The fourth-order valence-corrected chi connectivity index (χ4v) is 3.60. The zero-order chi connectivity index (χ0) is 22.5. The average molecular weight is 432 g/mol. The Hall–Kier alpha value is -2.87. The first kappa shape index (κ1) is 23.4. The van der Waals surface area contributed by atoms with E-state index in [4.69, 9.17) is 4.74 Å². The van der Waals surface area contributed by atoms with E-state index in [-0.39, 0.29) is 5.41 Å². The van der Waals surface area contributed by atoms with Crippen molar-refractivity contribution in [3.63, 3.8) is 0 Å². The average Bonchev–Trinajstić information content (AvgIpc) is 2.68. The molecule has 8 heteroatoms. The number of sulfonamides is 1. The number of hydrogen-bond acceptors (Lipinski definition) is 5. The first-order valence-corrected chi connectivity index (χ1v) is 11.3. The van der Waals surface area contributed by atoms with Crippen LogP contribution in [-0.4, -0.2) is 39.9 Å². The summed E-state index contributed by atoms with van der Waals surface area (Å²) in [6.45, 7) is 7.80. The number of carbonyl (C=O) groups excluding carboxylic acids is 1. The van der Waals surface area contributed by atoms with E-state index in [0.717, 1.165) is 16.1 Å². The number of anilines is 1. The van der Waals surface area contributed by atoms with E-state index in [1.165, 1.54) is 12.7 Å². The summed E-state index contributed by atoms with van der Waals surface area (Å²) in [6.07, 6.45) is 1.05. The van der Waals surface area contributed by atoms with E-state index in [2.05, 4.69) is 31.3 Å². The van der Waals surface area contributed by atoms with E-state index in [1.54, 1.807) is 31.2 Å². The molecule has 0 atom stereocenters. The van der Waals surface area contributed by atoms with Crippen LogP contribution in [0.4, 0.5) is 5.69 Å². The van der Waals surface area contributed by atoms with Crippen LogP contribution in [-0.2, 0) is 20.2 Å². The van der Waals surface area contributed by atoms with Crippen LogP contribution in [0.3, 0.4) is 0 Å². The lowest BCUT2D eigenvalue weighted by Gasteiger charge is -2.21. The number of nitrogens with one attached hydrogen (secondary N) is 1. The molecule has 0 aliphatic carbocycles. The molecule has 1 amide bonds. The summed E-state index contributed by atoms with van der Waals surface area (Å²) >= 11 is 0. The van der Waals surface area contributed by atoms with Gasteiger partial charge in [0.1, 0.15) is 12.3 Å². The van der Waals surface area contributed by atoms with Crippen molar-refractivity contribution in [1.82, 2.24) is 5.43 Å². The minimum atomic E-state index is -3.68. The van der Waals surface area contributed by atoms with Crippen LogP contribution in [0.2, 0.25) is 0 Å². The van der Waals surface area contributed by atoms with Gasteiger partial charge < -0.3 is 4.74 Å². The Kier molecular flexibility index (Phi) is 7.25. The molecule has 2 rings (SSSR count). The lowest BCUT2D eigenvalue weighted by molar-refractivity contribution is -0.119. The number of hydrogen-bond donors (Lipinski definition) is 1. The van der Waals surface area contributed by atoms with Crippen molar-refractivity contribution >= 4 is 27.3 Å². The number of benzene rings is 2. The quantitative estimate of drug-likeness (QED) is 0.538. The van der Waals surface area contributed by atoms with Gasteiger partial charge in [-0.25, -0.2) is 13.8 Å². The monoisotopic (exact) mass is 431 g/mol. The third-order valence-electron chi connectivity index (χ3n) is 4.55. The Morgan fingerprint density at radius 3 is 2.30 bits per heavy atom. The number of carbonyl (C=O) groups is 1. The summed E-state index contributed by atoms with van der Waals surface area (Å²) in [5.41, 5.74) is 5.52. The van der Waals surface area contributed by atoms with Gasteiger partial charge in [-0.15, -0.1) is 0 Å². The van der Waals surface area contributed by atoms with Crippen molar-refractivity contribution in [2.75, 3.05) is 24.2 Å². The summed E-state index contributed by atoms with van der Waals surface area (Å²) in [7, 11) is -2.19. The zero-order valence-corrected chi connectivity index (χ0v) is 19.1. The molecule has 0 saturated heterocycles. The number of nitrogens with zero attached hydrogens (tertiary/aromatic N) is 2. The Bertz CT molecular complexity index is 1020. The maximum atomic E-state index is 12.4. The molecule has 2 aromatic carbocycles. The molecule has 2 aromatic rings. The lowest BCUT2D eigenvalue weighted by atomic mass is 9.86. The Labute approximate surface area is 178 Å². The first-order valence-electron chi connectivity index (χ1n) is 9.47. The van der Waals surface area contributed by atoms with Crippen molar-refractivity contribution in [2.24, 2.45) is 5.10 Å². The van der Waals surface area contributed by atoms with E-state index in [0.29, 0.717) is 17.1 Å². The minimum Gasteiger partial charge on any atom is -0.497 e. The molecule has 0 radical (unpaired) electrons. The van der Waals surface area contributed by atoms with Crippen LogP contribution >= 0.6 is 0 Å². The Balaban J connectivity index is 2.13. The second-order valence-corrected chi connectivity index (χ2v) is 9.94. The van der Waals surface area contributed by atoms with E-state index in [9.17, 15) is 13.2 Å². The molecule has 0 aromatic heterocycles. The maximum Gasteiger partial charge on any atom is 0.260 e. The molecule has 0 aliphatic heterocycles. The van der Waals surface area contributed by atoms with Gasteiger partial charge in [0.25, 0.3) is 5.91 Å². The summed E-state index contributed by atoms with van der Waals surface area (Å²) in [4.78, 5) is 12.4. The van der Waals surface area contributed by atoms with Gasteiger partial charge in [-0.3, -0.25) is 9.10 Å². The third-order valence-corrected chi connectivity index (χ3v) is 5.69. The second-order valence-electron chi connectivity index (χ2n) is 8.03. The molecular formula is C22H29N3O4S. The van der Waals surface area contributed by atoms with Crippen LogP contribution < -0.4 is 14.5 Å². The fraction of sp³-hybridized carbons (Fsp3) is 0.364. The topological polar surface area (TPSA) is 88.1 Å². The van der Waals surface area contributed by atoms with E-state index >= 15 is 0 Å². The summed E-state index contributed by atoms with van der Waals surface area (Å²) in [5, 5.41) is 4.12. The normalized spacial score (nSPS) is 12.4. The number of hydrazone groups is 1. The highest BCUT2D eigenvalue weighted by molar-refractivity contribution is 7.92. The van der Waals surface area contributed by atoms with Crippen LogP contribution in [0.15, 0.2) is 53.6 Å². The molecule has 7 nitrogen and oxygen atoms in total. The van der Waals surface area contributed by atoms with E-state index in [1.807, 2.05) is 24.3 Å². The Morgan fingerprint density at radius 1 is 1.13 bits per heavy atom. The number of methoxy groups -OCH3 is 1. The van der Waals surface area contributed by atoms with Gasteiger partial charge in [0.15, 0.2) is 0 Å². The van der Waals surface area contributed by atoms with Crippen molar-refractivity contribution in [3.05, 3.63) is 59.7 Å². The van der Waals surface area contributed by atoms with Crippen LogP contribution in [0, 0.1) is 0 Å². The van der Waals surface area contributed by atoms with Crippen LogP contribution in [0.5, 0.6) is 5.75 Å². The van der Waals surface area contributed by atoms with Gasteiger partial charge in [0, 0.05) is 6.07 Å². The molecular weight excluding hydrogens is 402 g/mol. The van der Waals surface area contributed by atoms with Crippen LogP contribution in [0.1, 0.15) is 38.8 Å². The smallest absolute Gasteiger partial charge is 0.260 e. The summed E-state index contributed by atoms with van der Waals surface area (Å²) in [6, 6.07) is 14.5.